The second-order valence-corrected chi connectivity index (χ2v) is 13.7. The van der Waals surface area contributed by atoms with Gasteiger partial charge in [-0.2, -0.15) is 5.21 Å². The molecule has 13 nitrogen and oxygen atoms in total. The molecule has 1 atom stereocenters. The van der Waals surface area contributed by atoms with Crippen LogP contribution in [0.2, 0.25) is 0 Å². The SMILES string of the molecule is CC(=O)Nc1ccc(-c2ccc(CC(NC(=O)C3CCC(CNC(=O)OC(C)(C)C)CC3)C(=O)Nc3ccc(-c4nn[nH]n4)cc3)cc2)cc1F. The highest BCUT2D eigenvalue weighted by Crippen LogP contribution is 2.29. The first-order valence-electron chi connectivity index (χ1n) is 16.9. The fourth-order valence-corrected chi connectivity index (χ4v) is 5.94. The normalized spacial score (nSPS) is 16.4. The Morgan fingerprint density at radius 3 is 2.18 bits per heavy atom. The maximum Gasteiger partial charge on any atom is 0.407 e. The van der Waals surface area contributed by atoms with E-state index in [-0.39, 0.29) is 41.7 Å². The Balaban J connectivity index is 1.24. The highest BCUT2D eigenvalue weighted by Gasteiger charge is 2.30. The minimum Gasteiger partial charge on any atom is -0.444 e. The lowest BCUT2D eigenvalue weighted by atomic mass is 9.81. The number of H-pyrrole nitrogens is 1. The number of aromatic nitrogens is 4. The summed E-state index contributed by atoms with van der Waals surface area (Å²) in [5.41, 5.74) is 2.93. The van der Waals surface area contributed by atoms with Gasteiger partial charge in [0.1, 0.15) is 17.5 Å². The number of carbonyl (C=O) groups is 4. The van der Waals surface area contributed by atoms with E-state index in [1.807, 2.05) is 45.0 Å². The number of carbonyl (C=O) groups excluding carboxylic acids is 4. The monoisotopic (exact) mass is 698 g/mol. The van der Waals surface area contributed by atoms with Crippen molar-refractivity contribution < 1.29 is 28.3 Å². The van der Waals surface area contributed by atoms with Crippen LogP contribution in [0.25, 0.3) is 22.5 Å². The van der Waals surface area contributed by atoms with Crippen LogP contribution >= 0.6 is 0 Å². The van der Waals surface area contributed by atoms with Crippen LogP contribution in [-0.2, 0) is 25.5 Å². The fraction of sp³-hybridized carbons (Fsp3) is 0.378. The van der Waals surface area contributed by atoms with Gasteiger partial charge in [-0.3, -0.25) is 14.4 Å². The number of aromatic amines is 1. The number of nitrogens with one attached hydrogen (secondary N) is 5. The highest BCUT2D eigenvalue weighted by atomic mass is 19.1. The zero-order valence-electron chi connectivity index (χ0n) is 29.1. The summed E-state index contributed by atoms with van der Waals surface area (Å²) in [6.45, 7) is 7.22. The van der Waals surface area contributed by atoms with Crippen LogP contribution in [0.3, 0.4) is 0 Å². The first-order valence-corrected chi connectivity index (χ1v) is 16.9. The minimum atomic E-state index is -0.888. The Labute approximate surface area is 295 Å². The van der Waals surface area contributed by atoms with Crippen molar-refractivity contribution in [2.24, 2.45) is 11.8 Å². The summed E-state index contributed by atoms with van der Waals surface area (Å²) in [5, 5.41) is 25.1. The van der Waals surface area contributed by atoms with Crippen molar-refractivity contribution >= 4 is 35.2 Å². The van der Waals surface area contributed by atoms with Crippen LogP contribution in [0, 0.1) is 17.7 Å². The van der Waals surface area contributed by atoms with Crippen molar-refractivity contribution in [3.8, 4) is 22.5 Å². The Hall–Kier alpha value is -5.66. The van der Waals surface area contributed by atoms with E-state index in [2.05, 4.69) is 41.9 Å². The molecule has 1 unspecified atom stereocenters. The third-order valence-corrected chi connectivity index (χ3v) is 8.55. The van der Waals surface area contributed by atoms with Crippen LogP contribution in [0.1, 0.15) is 58.9 Å². The Morgan fingerprint density at radius 1 is 0.902 bits per heavy atom. The van der Waals surface area contributed by atoms with Gasteiger partial charge in [0.05, 0.1) is 5.69 Å². The number of rotatable bonds is 11. The highest BCUT2D eigenvalue weighted by molar-refractivity contribution is 5.98. The average Bonchev–Trinajstić information content (AvgIpc) is 3.63. The smallest absolute Gasteiger partial charge is 0.407 e. The summed E-state index contributed by atoms with van der Waals surface area (Å²) in [6.07, 6.45) is 2.52. The maximum absolute atomic E-state index is 14.6. The second-order valence-electron chi connectivity index (χ2n) is 13.7. The number of amides is 4. The van der Waals surface area contributed by atoms with Crippen LogP contribution in [-0.4, -0.2) is 62.6 Å². The molecule has 51 heavy (non-hydrogen) atoms. The van der Waals surface area contributed by atoms with Gasteiger partial charge in [0.15, 0.2) is 0 Å². The molecular formula is C37H43FN8O5. The molecule has 0 bridgehead atoms. The molecule has 14 heteroatoms. The van der Waals surface area contributed by atoms with E-state index in [1.165, 1.54) is 19.1 Å². The van der Waals surface area contributed by atoms with Crippen molar-refractivity contribution in [2.45, 2.75) is 71.4 Å². The van der Waals surface area contributed by atoms with E-state index in [9.17, 15) is 23.6 Å². The summed E-state index contributed by atoms with van der Waals surface area (Å²) in [6, 6.07) is 18.0. The molecule has 5 N–H and O–H groups in total. The van der Waals surface area contributed by atoms with Gasteiger partial charge in [0.2, 0.25) is 23.5 Å². The molecule has 0 aliphatic heterocycles. The summed E-state index contributed by atoms with van der Waals surface area (Å²) in [5.74, 6) is -1.13. The average molecular weight is 699 g/mol. The molecule has 1 aromatic heterocycles. The van der Waals surface area contributed by atoms with Crippen molar-refractivity contribution in [3.63, 3.8) is 0 Å². The van der Waals surface area contributed by atoms with E-state index in [0.717, 1.165) is 24.0 Å². The van der Waals surface area contributed by atoms with E-state index in [1.54, 1.807) is 30.3 Å². The molecule has 4 aromatic rings. The molecule has 0 radical (unpaired) electrons. The van der Waals surface area contributed by atoms with E-state index < -0.39 is 23.6 Å². The van der Waals surface area contributed by atoms with Gasteiger partial charge in [0, 0.05) is 37.1 Å². The second kappa shape index (κ2) is 16.4. The number of halogens is 1. The third kappa shape index (κ3) is 10.7. The number of benzene rings is 3. The van der Waals surface area contributed by atoms with Gasteiger partial charge < -0.3 is 26.0 Å². The van der Waals surface area contributed by atoms with Gasteiger partial charge in [-0.05, 0) is 111 Å². The number of anilines is 2. The molecular weight excluding hydrogens is 655 g/mol. The van der Waals surface area contributed by atoms with Crippen LogP contribution in [0.15, 0.2) is 66.7 Å². The first kappa shape index (κ1) is 36.6. The Bertz CT molecular complexity index is 1820. The third-order valence-electron chi connectivity index (χ3n) is 8.55. The molecule has 3 aromatic carbocycles. The molecule has 1 saturated carbocycles. The van der Waals surface area contributed by atoms with Gasteiger partial charge in [-0.25, -0.2) is 9.18 Å². The Morgan fingerprint density at radius 2 is 1.57 bits per heavy atom. The zero-order valence-corrected chi connectivity index (χ0v) is 29.1. The standard InChI is InChI=1S/C37H43FN8O5/c1-22(47)40-31-18-15-28(20-30(31)38)25-9-5-23(6-10-25)19-32(35(49)41-29-16-13-26(14-17-29)33-43-45-46-44-33)42-34(48)27-11-7-24(8-12-27)21-39-36(50)51-37(2,3)4/h5-6,9-10,13-18,20,24,27,32H,7-8,11-12,19,21H2,1-4H3,(H,39,50)(H,40,47)(H,41,49)(H,42,48)(H,43,44,45,46). The number of nitrogens with zero attached hydrogens (tertiary/aromatic N) is 3. The summed E-state index contributed by atoms with van der Waals surface area (Å²) in [4.78, 5) is 50.7. The predicted octanol–water partition coefficient (Wildman–Crippen LogP) is 5.63. The molecule has 0 saturated heterocycles. The van der Waals surface area contributed by atoms with Crippen molar-refractivity contribution in [1.29, 1.82) is 0 Å². The van der Waals surface area contributed by atoms with Gasteiger partial charge in [-0.15, -0.1) is 10.2 Å². The first-order chi connectivity index (χ1) is 24.3. The lowest BCUT2D eigenvalue weighted by molar-refractivity contribution is -0.130. The van der Waals surface area contributed by atoms with Gasteiger partial charge in [-0.1, -0.05) is 30.3 Å². The van der Waals surface area contributed by atoms with Gasteiger partial charge in [0.25, 0.3) is 0 Å². The predicted molar refractivity (Wildman–Crippen MR) is 190 cm³/mol. The zero-order chi connectivity index (χ0) is 36.5. The topological polar surface area (TPSA) is 180 Å². The van der Waals surface area contributed by atoms with E-state index >= 15 is 0 Å². The van der Waals surface area contributed by atoms with Gasteiger partial charge >= 0.3 is 6.09 Å². The summed E-state index contributed by atoms with van der Waals surface area (Å²) < 4.78 is 19.9. The number of alkyl carbamates (subject to hydrolysis) is 1. The summed E-state index contributed by atoms with van der Waals surface area (Å²) in [7, 11) is 0. The lowest BCUT2D eigenvalue weighted by Crippen LogP contribution is -2.48. The summed E-state index contributed by atoms with van der Waals surface area (Å²) >= 11 is 0. The van der Waals surface area contributed by atoms with Crippen LogP contribution < -0.4 is 21.3 Å². The maximum atomic E-state index is 14.6. The van der Waals surface area contributed by atoms with Crippen LogP contribution in [0.4, 0.5) is 20.6 Å². The number of hydrogen-bond acceptors (Lipinski definition) is 8. The largest absolute Gasteiger partial charge is 0.444 e. The van der Waals surface area contributed by atoms with Crippen molar-refractivity contribution in [2.75, 3.05) is 17.2 Å². The molecule has 0 spiro atoms. The number of ether oxygens (including phenoxy) is 1. The molecule has 1 heterocycles. The molecule has 1 fully saturated rings. The van der Waals surface area contributed by atoms with E-state index in [4.69, 9.17) is 4.74 Å². The molecule has 268 valence electrons. The number of tetrazole rings is 1. The van der Waals surface area contributed by atoms with Crippen LogP contribution in [0.5, 0.6) is 0 Å². The number of hydrogen-bond donors (Lipinski definition) is 5. The Kier molecular flexibility index (Phi) is 11.7. The molecule has 1 aliphatic rings. The molecule has 4 amide bonds. The quantitative estimate of drug-likeness (QED) is 0.134. The van der Waals surface area contributed by atoms with Crippen molar-refractivity contribution in [1.82, 2.24) is 31.3 Å². The minimum absolute atomic E-state index is 0.0999. The fourth-order valence-electron chi connectivity index (χ4n) is 5.94. The van der Waals surface area contributed by atoms with Crippen molar-refractivity contribution in [3.05, 3.63) is 78.1 Å². The molecule has 5 rings (SSSR count). The lowest BCUT2D eigenvalue weighted by Gasteiger charge is -2.29. The molecule has 1 aliphatic carbocycles. The van der Waals surface area contributed by atoms with E-state index in [0.29, 0.717) is 42.0 Å².